The molecule has 0 saturated carbocycles. The Hall–Kier alpha value is -2.12. The lowest BCUT2D eigenvalue weighted by atomic mass is 10.2. The molecule has 0 bridgehead atoms. The van der Waals surface area contributed by atoms with Crippen LogP contribution in [0.2, 0.25) is 0 Å². The number of hydrogen-bond acceptors (Lipinski definition) is 5. The summed E-state index contributed by atoms with van der Waals surface area (Å²) in [5.41, 5.74) is 0.692. The Bertz CT molecular complexity index is 541. The zero-order valence-electron chi connectivity index (χ0n) is 14.2. The van der Waals surface area contributed by atoms with Crippen LogP contribution in [0.3, 0.4) is 0 Å². The van der Waals surface area contributed by atoms with E-state index >= 15 is 0 Å². The third-order valence-corrected chi connectivity index (χ3v) is 3.75. The molecule has 2 rings (SSSR count). The van der Waals surface area contributed by atoms with E-state index in [0.29, 0.717) is 12.2 Å². The van der Waals surface area contributed by atoms with Gasteiger partial charge in [-0.2, -0.15) is 0 Å². The molecule has 1 aromatic rings. The number of rotatable bonds is 8. The fraction of sp³-hybridized carbons (Fsp3) is 0.529. The van der Waals surface area contributed by atoms with E-state index in [1.165, 1.54) is 0 Å². The summed E-state index contributed by atoms with van der Waals surface area (Å²) in [7, 11) is 3.33. The standard InChI is InChI=1S/C17H25N3O4/c1-20(11-16(21)18-10-15-4-3-9-24-15)12-17(22)19-13-5-7-14(23-2)8-6-13/h5-8,15H,3-4,9-12H2,1-2H3,(H,18,21)(H,19,22)/t15-/m0/s1. The molecule has 1 heterocycles. The summed E-state index contributed by atoms with van der Waals surface area (Å²) in [6, 6.07) is 7.09. The monoisotopic (exact) mass is 335 g/mol. The topological polar surface area (TPSA) is 79.9 Å². The minimum absolute atomic E-state index is 0.106. The van der Waals surface area contributed by atoms with Crippen LogP contribution >= 0.6 is 0 Å². The number of benzene rings is 1. The van der Waals surface area contributed by atoms with E-state index in [1.807, 2.05) is 0 Å². The molecule has 1 aromatic carbocycles. The van der Waals surface area contributed by atoms with Gasteiger partial charge in [-0.25, -0.2) is 0 Å². The van der Waals surface area contributed by atoms with Gasteiger partial charge in [-0.05, 0) is 44.2 Å². The van der Waals surface area contributed by atoms with Crippen LogP contribution in [0.1, 0.15) is 12.8 Å². The Morgan fingerprint density at radius 2 is 1.96 bits per heavy atom. The number of nitrogens with zero attached hydrogens (tertiary/aromatic N) is 1. The molecular formula is C17H25N3O4. The number of hydrogen-bond donors (Lipinski definition) is 2. The summed E-state index contributed by atoms with van der Waals surface area (Å²) in [4.78, 5) is 25.5. The maximum absolute atomic E-state index is 12.0. The Kier molecular flexibility index (Phi) is 7.02. The van der Waals surface area contributed by atoms with Crippen LogP contribution in [0, 0.1) is 0 Å². The maximum Gasteiger partial charge on any atom is 0.238 e. The van der Waals surface area contributed by atoms with E-state index in [9.17, 15) is 9.59 Å². The second kappa shape index (κ2) is 9.24. The highest BCUT2D eigenvalue weighted by Gasteiger charge is 2.17. The van der Waals surface area contributed by atoms with Gasteiger partial charge in [-0.15, -0.1) is 0 Å². The molecule has 1 fully saturated rings. The lowest BCUT2D eigenvalue weighted by molar-refractivity contribution is -0.123. The van der Waals surface area contributed by atoms with Gasteiger partial charge in [0, 0.05) is 18.8 Å². The number of nitrogens with one attached hydrogen (secondary N) is 2. The molecule has 1 aliphatic rings. The van der Waals surface area contributed by atoms with E-state index in [2.05, 4.69) is 10.6 Å². The zero-order valence-corrected chi connectivity index (χ0v) is 14.2. The molecule has 132 valence electrons. The third-order valence-electron chi connectivity index (χ3n) is 3.75. The number of carbonyl (C=O) groups is 2. The predicted octanol–water partition coefficient (Wildman–Crippen LogP) is 0.861. The number of anilines is 1. The third kappa shape index (κ3) is 6.17. The van der Waals surface area contributed by atoms with Crippen molar-refractivity contribution in [3.05, 3.63) is 24.3 Å². The van der Waals surface area contributed by atoms with Gasteiger partial charge in [0.1, 0.15) is 5.75 Å². The molecular weight excluding hydrogens is 310 g/mol. The minimum Gasteiger partial charge on any atom is -0.497 e. The average Bonchev–Trinajstić information content (AvgIpc) is 3.07. The van der Waals surface area contributed by atoms with Crippen molar-refractivity contribution in [1.82, 2.24) is 10.2 Å². The molecule has 1 atom stereocenters. The normalized spacial score (nSPS) is 16.9. The van der Waals surface area contributed by atoms with E-state index < -0.39 is 0 Å². The largest absolute Gasteiger partial charge is 0.497 e. The highest BCUT2D eigenvalue weighted by molar-refractivity contribution is 5.92. The molecule has 2 N–H and O–H groups in total. The summed E-state index contributed by atoms with van der Waals surface area (Å²) >= 11 is 0. The van der Waals surface area contributed by atoms with Crippen LogP contribution in [0.5, 0.6) is 5.75 Å². The molecule has 24 heavy (non-hydrogen) atoms. The average molecular weight is 335 g/mol. The maximum atomic E-state index is 12.0. The number of methoxy groups -OCH3 is 1. The number of ether oxygens (including phenoxy) is 2. The number of amides is 2. The molecule has 0 aromatic heterocycles. The molecule has 1 saturated heterocycles. The van der Waals surface area contributed by atoms with Crippen molar-refractivity contribution < 1.29 is 19.1 Å². The Balaban J connectivity index is 1.67. The first-order valence-corrected chi connectivity index (χ1v) is 8.07. The van der Waals surface area contributed by atoms with Gasteiger partial charge in [0.25, 0.3) is 0 Å². The number of carbonyl (C=O) groups excluding carboxylic acids is 2. The first-order chi connectivity index (χ1) is 11.6. The Labute approximate surface area is 142 Å². The van der Waals surface area contributed by atoms with Crippen LogP contribution in [-0.2, 0) is 14.3 Å². The van der Waals surface area contributed by atoms with Crippen molar-refractivity contribution in [3.63, 3.8) is 0 Å². The van der Waals surface area contributed by atoms with Gasteiger partial charge in [0.2, 0.25) is 11.8 Å². The molecule has 7 heteroatoms. The fourth-order valence-corrected chi connectivity index (χ4v) is 2.51. The second-order valence-electron chi connectivity index (χ2n) is 5.89. The van der Waals surface area contributed by atoms with Crippen LogP contribution < -0.4 is 15.4 Å². The van der Waals surface area contributed by atoms with Gasteiger partial charge in [-0.1, -0.05) is 0 Å². The molecule has 0 unspecified atom stereocenters. The molecule has 2 amide bonds. The molecule has 1 aliphatic heterocycles. The highest BCUT2D eigenvalue weighted by atomic mass is 16.5. The molecule has 0 aliphatic carbocycles. The van der Waals surface area contributed by atoms with Gasteiger partial charge in [0.15, 0.2) is 0 Å². The molecule has 0 radical (unpaired) electrons. The quantitative estimate of drug-likeness (QED) is 0.737. The zero-order chi connectivity index (χ0) is 17.4. The van der Waals surface area contributed by atoms with Crippen LogP contribution in [0.15, 0.2) is 24.3 Å². The second-order valence-corrected chi connectivity index (χ2v) is 5.89. The van der Waals surface area contributed by atoms with Crippen LogP contribution in [-0.4, -0.2) is 63.2 Å². The first kappa shape index (κ1) is 18.2. The SMILES string of the molecule is COc1ccc(NC(=O)CN(C)CC(=O)NC[C@@H]2CCCO2)cc1. The van der Waals surface area contributed by atoms with Gasteiger partial charge in [0.05, 0.1) is 26.3 Å². The van der Waals surface area contributed by atoms with Crippen molar-refractivity contribution >= 4 is 17.5 Å². The Morgan fingerprint density at radius 3 is 2.58 bits per heavy atom. The summed E-state index contributed by atoms with van der Waals surface area (Å²) in [5, 5.41) is 5.63. The first-order valence-electron chi connectivity index (χ1n) is 8.07. The van der Waals surface area contributed by atoms with Gasteiger partial charge < -0.3 is 20.1 Å². The van der Waals surface area contributed by atoms with E-state index in [0.717, 1.165) is 25.2 Å². The van der Waals surface area contributed by atoms with E-state index in [4.69, 9.17) is 9.47 Å². The Morgan fingerprint density at radius 1 is 1.25 bits per heavy atom. The molecule has 7 nitrogen and oxygen atoms in total. The summed E-state index contributed by atoms with van der Waals surface area (Å²) < 4.78 is 10.5. The fourth-order valence-electron chi connectivity index (χ4n) is 2.51. The van der Waals surface area contributed by atoms with Gasteiger partial charge in [-0.3, -0.25) is 14.5 Å². The van der Waals surface area contributed by atoms with Crippen molar-refractivity contribution in [2.24, 2.45) is 0 Å². The van der Waals surface area contributed by atoms with Crippen LogP contribution in [0.4, 0.5) is 5.69 Å². The predicted molar refractivity (Wildman–Crippen MR) is 91.1 cm³/mol. The van der Waals surface area contributed by atoms with Gasteiger partial charge >= 0.3 is 0 Å². The van der Waals surface area contributed by atoms with Crippen LogP contribution in [0.25, 0.3) is 0 Å². The minimum atomic E-state index is -0.172. The van der Waals surface area contributed by atoms with E-state index in [-0.39, 0.29) is 31.0 Å². The summed E-state index contributed by atoms with van der Waals surface area (Å²) in [6.07, 6.45) is 2.16. The molecule has 0 spiro atoms. The van der Waals surface area contributed by atoms with Crippen molar-refractivity contribution in [1.29, 1.82) is 0 Å². The lowest BCUT2D eigenvalue weighted by Gasteiger charge is -2.17. The van der Waals surface area contributed by atoms with Crippen molar-refractivity contribution in [2.75, 3.05) is 45.7 Å². The number of likely N-dealkylation sites (N-methyl/N-ethyl adjacent to an activating group) is 1. The van der Waals surface area contributed by atoms with Crippen molar-refractivity contribution in [3.8, 4) is 5.75 Å². The highest BCUT2D eigenvalue weighted by Crippen LogP contribution is 2.14. The van der Waals surface area contributed by atoms with Crippen molar-refractivity contribution in [2.45, 2.75) is 18.9 Å². The lowest BCUT2D eigenvalue weighted by Crippen LogP contribution is -2.41. The summed E-state index contributed by atoms with van der Waals surface area (Å²) in [6.45, 7) is 1.61. The van der Waals surface area contributed by atoms with E-state index in [1.54, 1.807) is 43.3 Å². The smallest absolute Gasteiger partial charge is 0.238 e. The summed E-state index contributed by atoms with van der Waals surface area (Å²) in [5.74, 6) is 0.452.